The summed E-state index contributed by atoms with van der Waals surface area (Å²) in [6.45, 7) is 4.60. The lowest BCUT2D eigenvalue weighted by molar-refractivity contribution is 0.381. The van der Waals surface area contributed by atoms with Crippen LogP contribution in [0, 0.1) is 0 Å². The van der Waals surface area contributed by atoms with Gasteiger partial charge >= 0.3 is 10.4 Å². The maximum Gasteiger partial charge on any atom is 0.394 e. The normalized spacial score (nSPS) is 11.3. The lowest BCUT2D eigenvalue weighted by Crippen LogP contribution is -1.96. The molecule has 6 heteroatoms. The molecule has 2 rings (SSSR count). The summed E-state index contributed by atoms with van der Waals surface area (Å²) >= 11 is 0. The van der Waals surface area contributed by atoms with Crippen LogP contribution in [0.15, 0.2) is 48.5 Å². The van der Waals surface area contributed by atoms with Crippen molar-refractivity contribution >= 4 is 10.4 Å². The van der Waals surface area contributed by atoms with Gasteiger partial charge in [0.05, 0.1) is 0 Å². The summed E-state index contributed by atoms with van der Waals surface area (Å²) in [7, 11) is -4.67. The van der Waals surface area contributed by atoms with Gasteiger partial charge in [0.25, 0.3) is 0 Å². The number of para-hydroxylation sites is 2. The minimum absolute atomic E-state index is 1.05. The molecule has 0 radical (unpaired) electrons. The maximum atomic E-state index is 8.74. The zero-order valence-corrected chi connectivity index (χ0v) is 31.8. The van der Waals surface area contributed by atoms with Crippen molar-refractivity contribution in [3.8, 4) is 11.5 Å². The number of hydrogen-bond donors (Lipinski definition) is 2. The Morgan fingerprint density at radius 3 is 0.917 bits per heavy atom. The van der Waals surface area contributed by atoms with E-state index >= 15 is 0 Å². The van der Waals surface area contributed by atoms with E-state index in [2.05, 4.69) is 62.4 Å². The molecule has 0 saturated heterocycles. The number of rotatable bonds is 30. The molecule has 0 unspecified atom stereocenters. The van der Waals surface area contributed by atoms with Crippen molar-refractivity contribution < 1.29 is 22.3 Å². The van der Waals surface area contributed by atoms with Crippen molar-refractivity contribution in [1.29, 1.82) is 0 Å². The highest BCUT2D eigenvalue weighted by Gasteiger charge is 2.08. The third-order valence-corrected chi connectivity index (χ3v) is 9.26. The van der Waals surface area contributed by atoms with Gasteiger partial charge in [0.15, 0.2) is 0 Å². The number of hydrogen-bond acceptors (Lipinski definition) is 3. The van der Waals surface area contributed by atoms with Crippen molar-refractivity contribution in [3.05, 3.63) is 59.7 Å². The van der Waals surface area contributed by atoms with Crippen LogP contribution in [0.5, 0.6) is 11.5 Å². The van der Waals surface area contributed by atoms with Gasteiger partial charge in [0.1, 0.15) is 11.5 Å². The standard InChI is InChI=1S/C42H70O.H2O4S/c1-3-5-7-9-11-13-15-17-19-21-23-25-27-33-39-35-29-31-37-41(39)43-42-38-32-30-36-40(42)34-28-26-24-22-20-18-16-14-12-10-8-6-4-2;1-5(2,3)4/h29-32,35-38H,3-28,33-34H2,1-2H3;(H2,1,2,3,4). The fourth-order valence-corrected chi connectivity index (χ4v) is 6.40. The second-order valence-electron chi connectivity index (χ2n) is 13.8. The van der Waals surface area contributed by atoms with Crippen LogP contribution in [0.2, 0.25) is 0 Å². The number of unbranched alkanes of at least 4 members (excludes halogenated alkanes) is 24. The van der Waals surface area contributed by atoms with Crippen LogP contribution in [0.25, 0.3) is 0 Å². The molecule has 2 aromatic carbocycles. The zero-order valence-electron chi connectivity index (χ0n) is 30.9. The summed E-state index contributed by atoms with van der Waals surface area (Å²) in [5, 5.41) is 0. The number of aryl methyl sites for hydroxylation is 2. The molecule has 0 atom stereocenters. The Bertz CT molecular complexity index is 1020. The Balaban J connectivity index is 0.00000213. The smallest absolute Gasteiger partial charge is 0.394 e. The SMILES string of the molecule is CCCCCCCCCCCCCCCc1ccccc1Oc1ccccc1CCCCCCCCCCCCCCC.O=S(=O)(O)O. The quantitative estimate of drug-likeness (QED) is 0.0630. The second-order valence-corrected chi connectivity index (χ2v) is 14.6. The van der Waals surface area contributed by atoms with Gasteiger partial charge in [-0.1, -0.05) is 204 Å². The molecule has 0 spiro atoms. The zero-order chi connectivity index (χ0) is 35.0. The minimum Gasteiger partial charge on any atom is -0.457 e. The predicted octanol–water partition coefficient (Wildman–Crippen LogP) is 14.1. The average molecular weight is 689 g/mol. The van der Waals surface area contributed by atoms with E-state index < -0.39 is 10.4 Å². The Morgan fingerprint density at radius 2 is 0.646 bits per heavy atom. The van der Waals surface area contributed by atoms with E-state index in [1.165, 1.54) is 178 Å². The van der Waals surface area contributed by atoms with Crippen LogP contribution in [-0.2, 0) is 23.2 Å². The second kappa shape index (κ2) is 31.1. The fraction of sp³-hybridized carbons (Fsp3) is 0.714. The third-order valence-electron chi connectivity index (χ3n) is 9.26. The lowest BCUT2D eigenvalue weighted by Gasteiger charge is -2.14. The minimum atomic E-state index is -4.67. The van der Waals surface area contributed by atoms with Gasteiger partial charge in [-0.15, -0.1) is 0 Å². The van der Waals surface area contributed by atoms with Gasteiger partial charge in [-0.3, -0.25) is 9.11 Å². The molecule has 0 aliphatic rings. The lowest BCUT2D eigenvalue weighted by atomic mass is 10.0. The van der Waals surface area contributed by atoms with Crippen LogP contribution < -0.4 is 4.74 Å². The highest BCUT2D eigenvalue weighted by Crippen LogP contribution is 2.30. The molecule has 0 bridgehead atoms. The Hall–Kier alpha value is -1.89. The van der Waals surface area contributed by atoms with Gasteiger partial charge in [0.2, 0.25) is 0 Å². The molecule has 2 N–H and O–H groups in total. The Labute approximate surface area is 296 Å². The summed E-state index contributed by atoms with van der Waals surface area (Å²) in [5.74, 6) is 2.11. The predicted molar refractivity (Wildman–Crippen MR) is 206 cm³/mol. The molecule has 276 valence electrons. The Kier molecular flexibility index (Phi) is 28.6. The van der Waals surface area contributed by atoms with E-state index in [-0.39, 0.29) is 0 Å². The van der Waals surface area contributed by atoms with E-state index in [4.69, 9.17) is 22.3 Å². The van der Waals surface area contributed by atoms with Crippen molar-refractivity contribution in [3.63, 3.8) is 0 Å². The molecule has 0 heterocycles. The highest BCUT2D eigenvalue weighted by atomic mass is 32.3. The third kappa shape index (κ3) is 28.0. The van der Waals surface area contributed by atoms with Crippen LogP contribution in [0.1, 0.15) is 192 Å². The van der Waals surface area contributed by atoms with Gasteiger partial charge in [-0.2, -0.15) is 8.42 Å². The van der Waals surface area contributed by atoms with E-state index in [1.54, 1.807) is 0 Å². The van der Waals surface area contributed by atoms with Gasteiger partial charge < -0.3 is 4.74 Å². The molecule has 0 saturated carbocycles. The topological polar surface area (TPSA) is 83.8 Å². The van der Waals surface area contributed by atoms with Crippen molar-refractivity contribution in [2.24, 2.45) is 0 Å². The summed E-state index contributed by atoms with van der Waals surface area (Å²) in [6.07, 6.45) is 38.7. The molecule has 0 amide bonds. The summed E-state index contributed by atoms with van der Waals surface area (Å²) in [5.41, 5.74) is 2.72. The molecule has 0 aliphatic heterocycles. The molecular weight excluding hydrogens is 617 g/mol. The fourth-order valence-electron chi connectivity index (χ4n) is 6.40. The molecule has 2 aromatic rings. The first-order chi connectivity index (χ1) is 23.3. The van der Waals surface area contributed by atoms with Crippen molar-refractivity contribution in [2.75, 3.05) is 0 Å². The molecule has 48 heavy (non-hydrogen) atoms. The van der Waals surface area contributed by atoms with E-state index in [0.29, 0.717) is 0 Å². The van der Waals surface area contributed by atoms with E-state index in [9.17, 15) is 0 Å². The maximum absolute atomic E-state index is 8.74. The van der Waals surface area contributed by atoms with Gasteiger partial charge in [0, 0.05) is 0 Å². The molecule has 0 aromatic heterocycles. The van der Waals surface area contributed by atoms with Crippen LogP contribution in [0.4, 0.5) is 0 Å². The molecular formula is C42H72O5S. The first-order valence-corrected chi connectivity index (χ1v) is 21.3. The van der Waals surface area contributed by atoms with Crippen LogP contribution >= 0.6 is 0 Å². The monoisotopic (exact) mass is 689 g/mol. The molecule has 5 nitrogen and oxygen atoms in total. The number of benzene rings is 2. The Morgan fingerprint density at radius 1 is 0.417 bits per heavy atom. The summed E-state index contributed by atoms with van der Waals surface area (Å²) in [4.78, 5) is 0. The van der Waals surface area contributed by atoms with E-state index in [0.717, 1.165) is 24.3 Å². The summed E-state index contributed by atoms with van der Waals surface area (Å²) in [6, 6.07) is 17.5. The van der Waals surface area contributed by atoms with E-state index in [1.807, 2.05) is 0 Å². The largest absolute Gasteiger partial charge is 0.457 e. The van der Waals surface area contributed by atoms with Crippen LogP contribution in [-0.4, -0.2) is 17.5 Å². The highest BCUT2D eigenvalue weighted by molar-refractivity contribution is 7.79. The molecule has 0 fully saturated rings. The van der Waals surface area contributed by atoms with Crippen molar-refractivity contribution in [2.45, 2.75) is 194 Å². The first kappa shape index (κ1) is 44.1. The van der Waals surface area contributed by atoms with Gasteiger partial charge in [-0.25, -0.2) is 0 Å². The first-order valence-electron chi connectivity index (χ1n) is 19.9. The average Bonchev–Trinajstić information content (AvgIpc) is 3.06. The van der Waals surface area contributed by atoms with Gasteiger partial charge in [-0.05, 0) is 48.9 Å². The molecule has 0 aliphatic carbocycles. The van der Waals surface area contributed by atoms with Crippen molar-refractivity contribution in [1.82, 2.24) is 0 Å². The summed E-state index contributed by atoms with van der Waals surface area (Å²) < 4.78 is 38.2. The van der Waals surface area contributed by atoms with Crippen LogP contribution in [0.3, 0.4) is 0 Å². The number of ether oxygens (including phenoxy) is 1.